The van der Waals surface area contributed by atoms with Crippen LogP contribution in [0.2, 0.25) is 0 Å². The molecule has 0 N–H and O–H groups in total. The molecule has 1 aromatic heterocycles. The van der Waals surface area contributed by atoms with Crippen molar-refractivity contribution in [1.29, 1.82) is 0 Å². The highest BCUT2D eigenvalue weighted by atomic mass is 35.5. The Balaban J connectivity index is 0.00000169. The number of morpholine rings is 1. The third-order valence-corrected chi connectivity index (χ3v) is 5.08. The summed E-state index contributed by atoms with van der Waals surface area (Å²) in [5.74, 6) is 0. The van der Waals surface area contributed by atoms with Crippen LogP contribution in [0.15, 0.2) is 12.4 Å². The van der Waals surface area contributed by atoms with Crippen LogP contribution in [0.3, 0.4) is 0 Å². The van der Waals surface area contributed by atoms with Crippen LogP contribution in [0.4, 0.5) is 4.79 Å². The molecular formula is C18H30Cl2N4O2. The number of urea groups is 1. The van der Waals surface area contributed by atoms with Crippen molar-refractivity contribution < 1.29 is 9.53 Å². The largest absolute Gasteiger partial charge is 0.378 e. The van der Waals surface area contributed by atoms with E-state index in [0.29, 0.717) is 38.9 Å². The number of pyridine rings is 1. The van der Waals surface area contributed by atoms with Gasteiger partial charge in [0.2, 0.25) is 0 Å². The Labute approximate surface area is 168 Å². The molecule has 148 valence electrons. The lowest BCUT2D eigenvalue weighted by Gasteiger charge is -2.36. The minimum atomic E-state index is 0. The van der Waals surface area contributed by atoms with Gasteiger partial charge in [0.25, 0.3) is 0 Å². The van der Waals surface area contributed by atoms with Crippen LogP contribution in [0.1, 0.15) is 30.5 Å². The van der Waals surface area contributed by atoms with Crippen LogP contribution in [0.25, 0.3) is 0 Å². The van der Waals surface area contributed by atoms with E-state index in [0.717, 1.165) is 19.5 Å². The zero-order valence-corrected chi connectivity index (χ0v) is 17.4. The predicted octanol–water partition coefficient (Wildman–Crippen LogP) is 2.58. The second kappa shape index (κ2) is 10.3. The molecule has 1 aromatic rings. The number of fused-ring (bicyclic) bond motifs is 1. The van der Waals surface area contributed by atoms with Gasteiger partial charge in [-0.3, -0.25) is 9.88 Å². The highest BCUT2D eigenvalue weighted by molar-refractivity contribution is 5.85. The molecule has 0 atom stereocenters. The summed E-state index contributed by atoms with van der Waals surface area (Å²) < 4.78 is 5.34. The number of nitrogens with zero attached hydrogens (tertiary/aromatic N) is 4. The van der Waals surface area contributed by atoms with Crippen LogP contribution < -0.4 is 0 Å². The smallest absolute Gasteiger partial charge is 0.320 e. The van der Waals surface area contributed by atoms with Crippen molar-refractivity contribution in [3.8, 4) is 0 Å². The maximum atomic E-state index is 12.7. The highest BCUT2D eigenvalue weighted by Gasteiger charge is 2.27. The van der Waals surface area contributed by atoms with E-state index in [1.165, 1.54) is 16.7 Å². The number of halogens is 2. The summed E-state index contributed by atoms with van der Waals surface area (Å²) in [5.41, 5.74) is 3.86. The maximum absolute atomic E-state index is 12.7. The van der Waals surface area contributed by atoms with E-state index in [4.69, 9.17) is 4.74 Å². The number of amides is 2. The fraction of sp³-hybridized carbons (Fsp3) is 0.667. The van der Waals surface area contributed by atoms with Crippen LogP contribution in [0.5, 0.6) is 0 Å². The molecule has 2 aliphatic heterocycles. The van der Waals surface area contributed by atoms with Crippen LogP contribution in [-0.4, -0.2) is 71.7 Å². The number of carbonyl (C=O) groups is 1. The first kappa shape index (κ1) is 23.0. The molecule has 1 saturated heterocycles. The number of rotatable bonds is 3. The number of carbonyl (C=O) groups excluding carboxylic acids is 1. The number of ether oxygens (including phenoxy) is 1. The predicted molar refractivity (Wildman–Crippen MR) is 107 cm³/mol. The van der Waals surface area contributed by atoms with Crippen LogP contribution >= 0.6 is 24.8 Å². The molecule has 8 heteroatoms. The lowest BCUT2D eigenvalue weighted by Crippen LogP contribution is -2.49. The zero-order valence-electron chi connectivity index (χ0n) is 15.8. The zero-order chi connectivity index (χ0) is 17.1. The van der Waals surface area contributed by atoms with Gasteiger partial charge in [0, 0.05) is 51.2 Å². The van der Waals surface area contributed by atoms with Crippen molar-refractivity contribution in [1.82, 2.24) is 19.7 Å². The van der Waals surface area contributed by atoms with Crippen molar-refractivity contribution in [2.24, 2.45) is 0 Å². The Morgan fingerprint density at radius 2 is 1.88 bits per heavy atom. The van der Waals surface area contributed by atoms with E-state index >= 15 is 0 Å². The Kier molecular flexibility index (Phi) is 9.10. The van der Waals surface area contributed by atoms with Gasteiger partial charge in [-0.25, -0.2) is 4.79 Å². The molecule has 0 radical (unpaired) electrons. The van der Waals surface area contributed by atoms with Crippen molar-refractivity contribution in [2.45, 2.75) is 39.4 Å². The second-order valence-corrected chi connectivity index (χ2v) is 7.00. The van der Waals surface area contributed by atoms with Crippen LogP contribution in [0, 0.1) is 0 Å². The van der Waals surface area contributed by atoms with E-state index < -0.39 is 0 Å². The first-order chi connectivity index (χ1) is 11.6. The van der Waals surface area contributed by atoms with Crippen molar-refractivity contribution in [3.63, 3.8) is 0 Å². The first-order valence-electron chi connectivity index (χ1n) is 8.82. The molecule has 6 nitrogen and oxygen atoms in total. The number of hydrogen-bond acceptors (Lipinski definition) is 4. The average molecular weight is 405 g/mol. The minimum absolute atomic E-state index is 0. The molecule has 0 spiro atoms. The molecule has 1 fully saturated rings. The molecule has 0 aliphatic carbocycles. The summed E-state index contributed by atoms with van der Waals surface area (Å²) >= 11 is 0. The van der Waals surface area contributed by atoms with Gasteiger partial charge in [0.1, 0.15) is 0 Å². The van der Waals surface area contributed by atoms with Crippen molar-refractivity contribution in [3.05, 3.63) is 29.1 Å². The SMILES string of the molecule is CC(C)N(C)Cc1cncc2c1CCN(C(=O)N1CCOCC1)C2.Cl.Cl. The fourth-order valence-corrected chi connectivity index (χ4v) is 3.27. The minimum Gasteiger partial charge on any atom is -0.378 e. The quantitative estimate of drug-likeness (QED) is 0.776. The lowest BCUT2D eigenvalue weighted by atomic mass is 9.97. The van der Waals surface area contributed by atoms with Gasteiger partial charge in [-0.1, -0.05) is 0 Å². The van der Waals surface area contributed by atoms with E-state index in [1.54, 1.807) is 0 Å². The van der Waals surface area contributed by atoms with Gasteiger partial charge in [0.05, 0.1) is 13.2 Å². The monoisotopic (exact) mass is 404 g/mol. The topological polar surface area (TPSA) is 48.9 Å². The molecule has 0 aromatic carbocycles. The Morgan fingerprint density at radius 3 is 2.54 bits per heavy atom. The highest BCUT2D eigenvalue weighted by Crippen LogP contribution is 2.24. The molecule has 2 aliphatic rings. The fourth-order valence-electron chi connectivity index (χ4n) is 3.27. The Hall–Kier alpha value is -1.08. The standard InChI is InChI=1S/C18H28N4O2.2ClH/c1-14(2)20(3)12-15-10-19-11-16-13-22(5-4-17(15)16)18(23)21-6-8-24-9-7-21;;/h10-11,14H,4-9,12-13H2,1-3H3;2*1H. The van der Waals surface area contributed by atoms with Gasteiger partial charge in [-0.15, -0.1) is 24.8 Å². The van der Waals surface area contributed by atoms with Crippen molar-refractivity contribution >= 4 is 30.8 Å². The van der Waals surface area contributed by atoms with E-state index in [-0.39, 0.29) is 30.8 Å². The van der Waals surface area contributed by atoms with Gasteiger partial charge in [-0.05, 0) is 44.0 Å². The summed E-state index contributed by atoms with van der Waals surface area (Å²) in [6, 6.07) is 0.637. The van der Waals surface area contributed by atoms with E-state index in [9.17, 15) is 4.79 Å². The van der Waals surface area contributed by atoms with E-state index in [1.807, 2.05) is 22.2 Å². The van der Waals surface area contributed by atoms with Gasteiger partial charge in [0.15, 0.2) is 0 Å². The molecule has 0 bridgehead atoms. The van der Waals surface area contributed by atoms with Gasteiger partial charge < -0.3 is 14.5 Å². The van der Waals surface area contributed by atoms with Gasteiger partial charge in [-0.2, -0.15) is 0 Å². The second-order valence-electron chi connectivity index (χ2n) is 7.00. The Morgan fingerprint density at radius 1 is 1.19 bits per heavy atom. The third kappa shape index (κ3) is 5.22. The van der Waals surface area contributed by atoms with Crippen molar-refractivity contribution in [2.75, 3.05) is 39.9 Å². The summed E-state index contributed by atoms with van der Waals surface area (Å²) in [6.45, 7) is 9.43. The number of hydrogen-bond donors (Lipinski definition) is 0. The summed E-state index contributed by atoms with van der Waals surface area (Å²) in [7, 11) is 2.14. The lowest BCUT2D eigenvalue weighted by molar-refractivity contribution is 0.0421. The molecule has 2 amide bonds. The van der Waals surface area contributed by atoms with E-state index in [2.05, 4.69) is 30.8 Å². The molecule has 3 rings (SSSR count). The van der Waals surface area contributed by atoms with Gasteiger partial charge >= 0.3 is 6.03 Å². The average Bonchev–Trinajstić information content (AvgIpc) is 2.61. The molecular weight excluding hydrogens is 375 g/mol. The molecule has 3 heterocycles. The Bertz CT molecular complexity index is 595. The number of aromatic nitrogens is 1. The molecule has 0 unspecified atom stereocenters. The summed E-state index contributed by atoms with van der Waals surface area (Å²) in [5, 5.41) is 0. The normalized spacial score (nSPS) is 16.8. The van der Waals surface area contributed by atoms with Crippen LogP contribution in [-0.2, 0) is 24.2 Å². The third-order valence-electron chi connectivity index (χ3n) is 5.08. The molecule has 0 saturated carbocycles. The first-order valence-corrected chi connectivity index (χ1v) is 8.82. The maximum Gasteiger partial charge on any atom is 0.320 e. The summed E-state index contributed by atoms with van der Waals surface area (Å²) in [6.07, 6.45) is 4.82. The summed E-state index contributed by atoms with van der Waals surface area (Å²) in [4.78, 5) is 23.3. The molecule has 26 heavy (non-hydrogen) atoms.